The Kier molecular flexibility index (Phi) is 11.2. The van der Waals surface area contributed by atoms with Gasteiger partial charge in [0, 0.05) is 21.3 Å². The Labute approximate surface area is 139 Å². The van der Waals surface area contributed by atoms with E-state index in [-0.39, 0.29) is 24.0 Å². The maximum atomic E-state index is 5.77. The molecule has 6 heteroatoms. The molecule has 0 bridgehead atoms. The molecule has 0 aliphatic rings. The number of hydrogen-bond donors (Lipinski definition) is 2. The number of aliphatic imine (C=N–C) groups is 1. The van der Waals surface area contributed by atoms with Crippen molar-refractivity contribution in [2.45, 2.75) is 39.2 Å². The van der Waals surface area contributed by atoms with E-state index in [1.807, 2.05) is 0 Å². The molecule has 0 atom stereocenters. The quantitative estimate of drug-likeness (QED) is 0.287. The average Bonchev–Trinajstić information content (AvgIpc) is 2.72. The van der Waals surface area contributed by atoms with E-state index >= 15 is 0 Å². The minimum Gasteiger partial charge on any atom is -0.370 e. The first kappa shape index (κ1) is 18.2. The fraction of sp³-hybridized carbons (Fsp3) is 0.583. The molecular formula is C12H21BrIN3S. The molecule has 0 aliphatic heterocycles. The first-order chi connectivity index (χ1) is 8.22. The molecule has 1 heterocycles. The van der Waals surface area contributed by atoms with Gasteiger partial charge in [-0.1, -0.05) is 26.2 Å². The predicted molar refractivity (Wildman–Crippen MR) is 94.9 cm³/mol. The Morgan fingerprint density at radius 3 is 2.83 bits per heavy atom. The van der Waals surface area contributed by atoms with E-state index in [9.17, 15) is 0 Å². The van der Waals surface area contributed by atoms with E-state index in [0.29, 0.717) is 12.5 Å². The Hall–Kier alpha value is 0.180. The van der Waals surface area contributed by atoms with Gasteiger partial charge in [0.1, 0.15) is 0 Å². The second kappa shape index (κ2) is 11.0. The van der Waals surface area contributed by atoms with E-state index < -0.39 is 0 Å². The van der Waals surface area contributed by atoms with Gasteiger partial charge in [0.25, 0.3) is 0 Å². The van der Waals surface area contributed by atoms with Gasteiger partial charge in [-0.05, 0) is 28.4 Å². The lowest BCUT2D eigenvalue weighted by atomic mass is 10.2. The van der Waals surface area contributed by atoms with Crippen LogP contribution in [0.15, 0.2) is 20.9 Å². The van der Waals surface area contributed by atoms with Crippen LogP contribution in [-0.2, 0) is 6.54 Å². The highest BCUT2D eigenvalue weighted by molar-refractivity contribution is 14.0. The number of rotatable bonds is 7. The molecule has 104 valence electrons. The number of guanidine groups is 1. The van der Waals surface area contributed by atoms with E-state index in [0.717, 1.165) is 17.4 Å². The van der Waals surface area contributed by atoms with E-state index in [1.165, 1.54) is 24.1 Å². The molecule has 0 saturated carbocycles. The SMILES string of the molecule is CCCCCCNC(N)=NCc1cc(Br)cs1.I. The van der Waals surface area contributed by atoms with Crippen LogP contribution >= 0.6 is 51.2 Å². The number of halogens is 2. The van der Waals surface area contributed by atoms with E-state index in [1.54, 1.807) is 11.3 Å². The first-order valence-corrected chi connectivity index (χ1v) is 7.66. The fourth-order valence-electron chi connectivity index (χ4n) is 1.42. The Balaban J connectivity index is 0.00000289. The van der Waals surface area contributed by atoms with Crippen LogP contribution in [0.2, 0.25) is 0 Å². The molecule has 0 spiro atoms. The highest BCUT2D eigenvalue weighted by atomic mass is 127. The van der Waals surface area contributed by atoms with Crippen molar-refractivity contribution < 1.29 is 0 Å². The minimum absolute atomic E-state index is 0. The van der Waals surface area contributed by atoms with Gasteiger partial charge in [0.15, 0.2) is 5.96 Å². The first-order valence-electron chi connectivity index (χ1n) is 5.99. The standard InChI is InChI=1S/C12H20BrN3S.HI/c1-2-3-4-5-6-15-12(14)16-8-11-7-10(13)9-17-11;/h7,9H,2-6,8H2,1H3,(H3,14,15,16);1H. The van der Waals surface area contributed by atoms with Gasteiger partial charge in [0.05, 0.1) is 6.54 Å². The van der Waals surface area contributed by atoms with Gasteiger partial charge in [-0.3, -0.25) is 0 Å². The van der Waals surface area contributed by atoms with Gasteiger partial charge >= 0.3 is 0 Å². The number of nitrogens with zero attached hydrogens (tertiary/aromatic N) is 1. The van der Waals surface area contributed by atoms with Crippen molar-refractivity contribution in [1.29, 1.82) is 0 Å². The van der Waals surface area contributed by atoms with Crippen LogP contribution < -0.4 is 11.1 Å². The second-order valence-electron chi connectivity index (χ2n) is 3.92. The summed E-state index contributed by atoms with van der Waals surface area (Å²) in [5, 5.41) is 5.19. The zero-order chi connectivity index (χ0) is 12.5. The number of hydrogen-bond acceptors (Lipinski definition) is 2. The summed E-state index contributed by atoms with van der Waals surface area (Å²) >= 11 is 5.11. The third kappa shape index (κ3) is 8.31. The fourth-order valence-corrected chi connectivity index (χ4v) is 2.80. The molecule has 0 radical (unpaired) electrons. The van der Waals surface area contributed by atoms with Gasteiger partial charge < -0.3 is 11.1 Å². The maximum absolute atomic E-state index is 5.77. The third-order valence-electron chi connectivity index (χ3n) is 2.36. The number of unbranched alkanes of at least 4 members (excludes halogenated alkanes) is 3. The van der Waals surface area contributed by atoms with E-state index in [2.05, 4.69) is 44.6 Å². The third-order valence-corrected chi connectivity index (χ3v) is 4.05. The molecule has 3 N–H and O–H groups in total. The monoisotopic (exact) mass is 445 g/mol. The van der Waals surface area contributed by atoms with Crippen LogP contribution in [0.25, 0.3) is 0 Å². The van der Waals surface area contributed by atoms with Gasteiger partial charge in [-0.25, -0.2) is 4.99 Å². The summed E-state index contributed by atoms with van der Waals surface area (Å²) in [6, 6.07) is 2.07. The van der Waals surface area contributed by atoms with E-state index in [4.69, 9.17) is 5.73 Å². The summed E-state index contributed by atoms with van der Waals surface area (Å²) < 4.78 is 1.11. The molecule has 1 aromatic rings. The predicted octanol–water partition coefficient (Wildman–Crippen LogP) is 4.11. The zero-order valence-corrected chi connectivity index (χ0v) is 15.3. The summed E-state index contributed by atoms with van der Waals surface area (Å²) in [5.41, 5.74) is 5.77. The second-order valence-corrected chi connectivity index (χ2v) is 5.83. The average molecular weight is 446 g/mol. The molecular weight excluding hydrogens is 425 g/mol. The van der Waals surface area contributed by atoms with Gasteiger partial charge in [-0.15, -0.1) is 35.3 Å². The van der Waals surface area contributed by atoms with Crippen LogP contribution in [-0.4, -0.2) is 12.5 Å². The highest BCUT2D eigenvalue weighted by Gasteiger charge is 1.97. The molecule has 0 amide bonds. The van der Waals surface area contributed by atoms with Crippen LogP contribution in [0.4, 0.5) is 0 Å². The van der Waals surface area contributed by atoms with Crippen molar-refractivity contribution in [1.82, 2.24) is 5.32 Å². The van der Waals surface area contributed by atoms with Crippen molar-refractivity contribution in [3.63, 3.8) is 0 Å². The van der Waals surface area contributed by atoms with Crippen molar-refractivity contribution in [3.8, 4) is 0 Å². The normalized spacial score (nSPS) is 11.1. The molecule has 0 aromatic carbocycles. The van der Waals surface area contributed by atoms with Crippen LogP contribution in [0.3, 0.4) is 0 Å². The summed E-state index contributed by atoms with van der Waals surface area (Å²) in [6.07, 6.45) is 4.97. The lowest BCUT2D eigenvalue weighted by molar-refractivity contribution is 0.652. The van der Waals surface area contributed by atoms with Gasteiger partial charge in [-0.2, -0.15) is 0 Å². The van der Waals surface area contributed by atoms with Crippen molar-refractivity contribution in [2.24, 2.45) is 10.7 Å². The summed E-state index contributed by atoms with van der Waals surface area (Å²) in [4.78, 5) is 5.51. The molecule has 1 aromatic heterocycles. The van der Waals surface area contributed by atoms with Gasteiger partial charge in [0.2, 0.25) is 0 Å². The molecule has 18 heavy (non-hydrogen) atoms. The van der Waals surface area contributed by atoms with Crippen molar-refractivity contribution >= 4 is 57.2 Å². The zero-order valence-electron chi connectivity index (χ0n) is 10.6. The number of nitrogens with two attached hydrogens (primary N) is 1. The topological polar surface area (TPSA) is 50.4 Å². The molecule has 0 unspecified atom stereocenters. The molecule has 0 fully saturated rings. The molecule has 3 nitrogen and oxygen atoms in total. The van der Waals surface area contributed by atoms with Crippen LogP contribution in [0.5, 0.6) is 0 Å². The maximum Gasteiger partial charge on any atom is 0.188 e. The highest BCUT2D eigenvalue weighted by Crippen LogP contribution is 2.20. The lowest BCUT2D eigenvalue weighted by Crippen LogP contribution is -2.32. The van der Waals surface area contributed by atoms with Crippen molar-refractivity contribution in [3.05, 3.63) is 20.8 Å². The Bertz CT molecular complexity index is 355. The molecule has 0 saturated heterocycles. The minimum atomic E-state index is 0. The Morgan fingerprint density at radius 1 is 1.44 bits per heavy atom. The molecule has 1 rings (SSSR count). The number of thiophene rings is 1. The summed E-state index contributed by atoms with van der Waals surface area (Å²) in [5.74, 6) is 0.547. The number of nitrogens with one attached hydrogen (secondary N) is 1. The molecule has 0 aliphatic carbocycles. The smallest absolute Gasteiger partial charge is 0.188 e. The summed E-state index contributed by atoms with van der Waals surface area (Å²) in [7, 11) is 0. The van der Waals surface area contributed by atoms with Crippen molar-refractivity contribution in [2.75, 3.05) is 6.54 Å². The van der Waals surface area contributed by atoms with Crippen LogP contribution in [0, 0.1) is 0 Å². The Morgan fingerprint density at radius 2 is 2.22 bits per heavy atom. The lowest BCUT2D eigenvalue weighted by Gasteiger charge is -2.04. The summed E-state index contributed by atoms with van der Waals surface area (Å²) in [6.45, 7) is 3.79. The van der Waals surface area contributed by atoms with Crippen LogP contribution in [0.1, 0.15) is 37.5 Å². The largest absolute Gasteiger partial charge is 0.370 e.